The van der Waals surface area contributed by atoms with Crippen LogP contribution in [0.1, 0.15) is 42.6 Å². The normalized spacial score (nSPS) is 14.2. The van der Waals surface area contributed by atoms with Gasteiger partial charge in [0, 0.05) is 37.4 Å². The molecule has 196 valence electrons. The Morgan fingerprint density at radius 1 is 1.00 bits per heavy atom. The summed E-state index contributed by atoms with van der Waals surface area (Å²) in [5.41, 5.74) is 1.96. The van der Waals surface area contributed by atoms with E-state index < -0.39 is 17.9 Å². The van der Waals surface area contributed by atoms with Crippen molar-refractivity contribution < 1.29 is 14.7 Å². The minimum Gasteiger partial charge on any atom is -0.480 e. The van der Waals surface area contributed by atoms with E-state index in [9.17, 15) is 14.7 Å². The number of nitrogens with one attached hydrogen (secondary N) is 2. The Morgan fingerprint density at radius 2 is 1.65 bits per heavy atom. The minimum atomic E-state index is -1.13. The topological polar surface area (TPSA) is 94.6 Å². The van der Waals surface area contributed by atoms with E-state index in [1.165, 1.54) is 12.1 Å². The summed E-state index contributed by atoms with van der Waals surface area (Å²) in [6.45, 7) is 5.83. The second kappa shape index (κ2) is 13.9. The van der Waals surface area contributed by atoms with Gasteiger partial charge in [0.05, 0.1) is 15.6 Å². The molecule has 0 aliphatic carbocycles. The zero-order chi connectivity index (χ0) is 26.8. The molecule has 1 aliphatic rings. The Hall–Kier alpha value is -3.29. The highest BCUT2D eigenvalue weighted by Crippen LogP contribution is 2.25. The van der Waals surface area contributed by atoms with Crippen LogP contribution in [0.15, 0.2) is 66.9 Å². The van der Waals surface area contributed by atoms with Crippen LogP contribution in [-0.4, -0.2) is 47.1 Å². The number of carbonyl (C=O) groups is 2. The third-order valence-electron chi connectivity index (χ3n) is 6.05. The lowest BCUT2D eigenvalue weighted by atomic mass is 10.0. The van der Waals surface area contributed by atoms with E-state index in [1.807, 2.05) is 56.3 Å². The third kappa shape index (κ3) is 7.84. The molecule has 2 aromatic carbocycles. The molecular formula is C28H32Cl2N4O3. The zero-order valence-electron chi connectivity index (χ0n) is 21.0. The molecule has 3 N–H and O–H groups in total. The van der Waals surface area contributed by atoms with Gasteiger partial charge < -0.3 is 20.6 Å². The van der Waals surface area contributed by atoms with Crippen LogP contribution in [0.4, 0.5) is 11.5 Å². The average Bonchev–Trinajstić information content (AvgIpc) is 2.91. The number of benzene rings is 2. The number of aromatic nitrogens is 1. The zero-order valence-corrected chi connectivity index (χ0v) is 22.5. The van der Waals surface area contributed by atoms with Crippen LogP contribution in [0, 0.1) is 0 Å². The Labute approximate surface area is 227 Å². The smallest absolute Gasteiger partial charge is 0.326 e. The first kappa shape index (κ1) is 28.3. The van der Waals surface area contributed by atoms with Gasteiger partial charge in [-0.2, -0.15) is 0 Å². The highest BCUT2D eigenvalue weighted by molar-refractivity contribution is 6.39. The molecule has 2 heterocycles. The molecule has 0 spiro atoms. The summed E-state index contributed by atoms with van der Waals surface area (Å²) < 4.78 is 0. The molecule has 0 bridgehead atoms. The summed E-state index contributed by atoms with van der Waals surface area (Å²) in [4.78, 5) is 31.1. The summed E-state index contributed by atoms with van der Waals surface area (Å²) in [6, 6.07) is 17.6. The standard InChI is InChI=1S/C26H26Cl2N4O3.C2H6/c27-20-4-3-5-21(28)24(20)25(33)31-22(26(34)35)16-17-7-9-19(10-8-17)32-14-11-18(12-15-32)30-23-6-1-2-13-29-23;1-2/h1-10,13,18,22H,11-12,14-16H2,(H,29,30)(H,31,33)(H,34,35);1-2H3. The van der Waals surface area contributed by atoms with Crippen LogP contribution < -0.4 is 15.5 Å². The van der Waals surface area contributed by atoms with Crippen LogP contribution in [0.25, 0.3) is 0 Å². The van der Waals surface area contributed by atoms with Crippen molar-refractivity contribution in [3.05, 3.63) is 88.0 Å². The number of pyridine rings is 1. The van der Waals surface area contributed by atoms with E-state index in [2.05, 4.69) is 20.5 Å². The number of halogens is 2. The van der Waals surface area contributed by atoms with E-state index in [1.54, 1.807) is 12.3 Å². The van der Waals surface area contributed by atoms with Crippen molar-refractivity contribution in [2.75, 3.05) is 23.3 Å². The quantitative estimate of drug-likeness (QED) is 0.327. The number of nitrogens with zero attached hydrogens (tertiary/aromatic N) is 2. The fraction of sp³-hybridized carbons (Fsp3) is 0.321. The molecule has 1 unspecified atom stereocenters. The lowest BCUT2D eigenvalue weighted by molar-refractivity contribution is -0.139. The minimum absolute atomic E-state index is 0.0679. The van der Waals surface area contributed by atoms with E-state index in [-0.39, 0.29) is 22.0 Å². The molecule has 1 amide bonds. The molecule has 7 nitrogen and oxygen atoms in total. The lowest BCUT2D eigenvalue weighted by Crippen LogP contribution is -2.42. The Kier molecular flexibility index (Phi) is 10.6. The molecule has 9 heteroatoms. The number of carbonyl (C=O) groups excluding carboxylic acids is 1. The number of hydrogen-bond donors (Lipinski definition) is 3. The Balaban J connectivity index is 0.00000186. The van der Waals surface area contributed by atoms with Crippen LogP contribution >= 0.6 is 23.2 Å². The van der Waals surface area contributed by atoms with E-state index in [0.717, 1.165) is 43.0 Å². The van der Waals surface area contributed by atoms with Gasteiger partial charge in [0.1, 0.15) is 11.9 Å². The molecule has 1 aliphatic heterocycles. The van der Waals surface area contributed by atoms with Gasteiger partial charge in [0.15, 0.2) is 0 Å². The molecule has 1 saturated heterocycles. The monoisotopic (exact) mass is 542 g/mol. The highest BCUT2D eigenvalue weighted by atomic mass is 35.5. The average molecular weight is 543 g/mol. The van der Waals surface area contributed by atoms with Gasteiger partial charge in [0.25, 0.3) is 5.91 Å². The fourth-order valence-electron chi connectivity index (χ4n) is 4.16. The second-order valence-electron chi connectivity index (χ2n) is 8.45. The molecular weight excluding hydrogens is 511 g/mol. The van der Waals surface area contributed by atoms with Crippen LogP contribution in [0.3, 0.4) is 0 Å². The Bertz CT molecular complexity index is 1150. The van der Waals surface area contributed by atoms with Gasteiger partial charge in [-0.1, -0.05) is 61.3 Å². The SMILES string of the molecule is CC.O=C(NC(Cc1ccc(N2CCC(Nc3ccccn3)CC2)cc1)C(=O)O)c1c(Cl)cccc1Cl. The number of carboxylic acids is 1. The summed E-state index contributed by atoms with van der Waals surface area (Å²) in [5.74, 6) is -0.855. The van der Waals surface area contributed by atoms with E-state index >= 15 is 0 Å². The van der Waals surface area contributed by atoms with Crippen LogP contribution in [0.5, 0.6) is 0 Å². The van der Waals surface area contributed by atoms with Crippen molar-refractivity contribution in [1.82, 2.24) is 10.3 Å². The van der Waals surface area contributed by atoms with Crippen molar-refractivity contribution in [3.63, 3.8) is 0 Å². The van der Waals surface area contributed by atoms with Gasteiger partial charge in [-0.15, -0.1) is 0 Å². The number of amides is 1. The first-order valence-electron chi connectivity index (χ1n) is 12.4. The molecule has 4 rings (SSSR count). The van der Waals surface area contributed by atoms with Crippen molar-refractivity contribution in [1.29, 1.82) is 0 Å². The van der Waals surface area contributed by atoms with Crippen molar-refractivity contribution in [3.8, 4) is 0 Å². The predicted octanol–water partition coefficient (Wildman–Crippen LogP) is 5.92. The molecule has 1 atom stereocenters. The molecule has 3 aromatic rings. The molecule has 0 radical (unpaired) electrons. The molecule has 37 heavy (non-hydrogen) atoms. The molecule has 1 fully saturated rings. The summed E-state index contributed by atoms with van der Waals surface area (Å²) in [7, 11) is 0. The maximum atomic E-state index is 12.6. The number of aliphatic carboxylic acids is 1. The first-order chi connectivity index (χ1) is 17.9. The maximum absolute atomic E-state index is 12.6. The van der Waals surface area contributed by atoms with Crippen molar-refractivity contribution >= 4 is 46.6 Å². The first-order valence-corrected chi connectivity index (χ1v) is 13.2. The Morgan fingerprint density at radius 3 is 2.22 bits per heavy atom. The van der Waals surface area contributed by atoms with Gasteiger partial charge in [-0.3, -0.25) is 4.79 Å². The summed E-state index contributed by atoms with van der Waals surface area (Å²) in [6.07, 6.45) is 3.91. The number of anilines is 2. The van der Waals surface area contributed by atoms with E-state index in [4.69, 9.17) is 23.2 Å². The number of rotatable bonds is 8. The summed E-state index contributed by atoms with van der Waals surface area (Å²) in [5, 5.41) is 16.0. The third-order valence-corrected chi connectivity index (χ3v) is 6.68. The lowest BCUT2D eigenvalue weighted by Gasteiger charge is -2.34. The fourth-order valence-corrected chi connectivity index (χ4v) is 4.73. The molecule has 1 aromatic heterocycles. The van der Waals surface area contributed by atoms with Gasteiger partial charge in [-0.05, 0) is 54.8 Å². The maximum Gasteiger partial charge on any atom is 0.326 e. The number of piperidine rings is 1. The van der Waals surface area contributed by atoms with Crippen LogP contribution in [0.2, 0.25) is 10.0 Å². The van der Waals surface area contributed by atoms with Crippen LogP contribution in [-0.2, 0) is 11.2 Å². The molecule has 0 saturated carbocycles. The predicted molar refractivity (Wildman–Crippen MR) is 150 cm³/mol. The van der Waals surface area contributed by atoms with Crippen molar-refractivity contribution in [2.24, 2.45) is 0 Å². The van der Waals surface area contributed by atoms with E-state index in [0.29, 0.717) is 6.04 Å². The number of carboxylic acid groups (broad SMARTS) is 1. The highest BCUT2D eigenvalue weighted by Gasteiger charge is 2.24. The summed E-state index contributed by atoms with van der Waals surface area (Å²) >= 11 is 12.2. The number of hydrogen-bond acceptors (Lipinski definition) is 5. The van der Waals surface area contributed by atoms with Gasteiger partial charge in [-0.25, -0.2) is 9.78 Å². The van der Waals surface area contributed by atoms with Gasteiger partial charge in [0.2, 0.25) is 0 Å². The van der Waals surface area contributed by atoms with Crippen molar-refractivity contribution in [2.45, 2.75) is 45.2 Å². The largest absolute Gasteiger partial charge is 0.480 e. The second-order valence-corrected chi connectivity index (χ2v) is 9.27. The van der Waals surface area contributed by atoms with Gasteiger partial charge >= 0.3 is 5.97 Å².